The van der Waals surface area contributed by atoms with Crippen molar-refractivity contribution in [2.75, 3.05) is 6.61 Å². The Labute approximate surface area is 127 Å². The van der Waals surface area contributed by atoms with E-state index in [1.165, 1.54) is 22.6 Å². The van der Waals surface area contributed by atoms with Gasteiger partial charge in [0.15, 0.2) is 0 Å². The predicted octanol–water partition coefficient (Wildman–Crippen LogP) is 3.99. The molecule has 0 spiro atoms. The van der Waals surface area contributed by atoms with Crippen molar-refractivity contribution in [3.63, 3.8) is 0 Å². The van der Waals surface area contributed by atoms with Crippen LogP contribution in [-0.4, -0.2) is 17.2 Å². The molecule has 3 nitrogen and oxygen atoms in total. The second kappa shape index (κ2) is 6.81. The molecule has 0 bridgehead atoms. The number of rotatable bonds is 6. The number of ether oxygens (including phenoxy) is 1. The lowest BCUT2D eigenvalue weighted by Crippen LogP contribution is -2.22. The van der Waals surface area contributed by atoms with E-state index in [1.54, 1.807) is 0 Å². The average molecular weight is 286 g/mol. The summed E-state index contributed by atoms with van der Waals surface area (Å²) in [7, 11) is 0. The van der Waals surface area contributed by atoms with Crippen molar-refractivity contribution in [3.8, 4) is 11.4 Å². The van der Waals surface area contributed by atoms with Crippen molar-refractivity contribution >= 4 is 0 Å². The largest absolute Gasteiger partial charge is 0.494 e. The Bertz CT molecular complexity index is 582. The highest BCUT2D eigenvalue weighted by Gasteiger charge is 2.10. The van der Waals surface area contributed by atoms with Crippen LogP contribution in [0.4, 0.5) is 0 Å². The number of aromatic nitrogens is 1. The summed E-state index contributed by atoms with van der Waals surface area (Å²) in [6, 6.07) is 11.1. The number of hydrogen-bond donors (Lipinski definition) is 1. The fourth-order valence-corrected chi connectivity index (χ4v) is 2.58. The molecule has 1 aromatic carbocycles. The first kappa shape index (κ1) is 15.6. The van der Waals surface area contributed by atoms with Gasteiger partial charge in [-0.1, -0.05) is 13.8 Å². The van der Waals surface area contributed by atoms with Gasteiger partial charge in [-0.25, -0.2) is 0 Å². The third-order valence-electron chi connectivity index (χ3n) is 3.64. The SMILES string of the molecule is CCOc1ccc(-n2c(C)cc(CNC(C)C)c2C)cc1. The van der Waals surface area contributed by atoms with Crippen LogP contribution in [0.1, 0.15) is 37.7 Å². The lowest BCUT2D eigenvalue weighted by atomic mass is 10.2. The van der Waals surface area contributed by atoms with Gasteiger partial charge in [0.05, 0.1) is 6.61 Å². The maximum absolute atomic E-state index is 5.51. The lowest BCUT2D eigenvalue weighted by molar-refractivity contribution is 0.340. The Morgan fingerprint density at radius 1 is 1.14 bits per heavy atom. The summed E-state index contributed by atoms with van der Waals surface area (Å²) in [5, 5.41) is 3.49. The third-order valence-corrected chi connectivity index (χ3v) is 3.64. The zero-order valence-corrected chi connectivity index (χ0v) is 13.7. The maximum Gasteiger partial charge on any atom is 0.119 e. The average Bonchev–Trinajstić information content (AvgIpc) is 2.73. The van der Waals surface area contributed by atoms with Gasteiger partial charge in [0.2, 0.25) is 0 Å². The van der Waals surface area contributed by atoms with Gasteiger partial charge in [-0.05, 0) is 56.7 Å². The van der Waals surface area contributed by atoms with Crippen molar-refractivity contribution in [2.45, 2.75) is 47.2 Å². The molecular weight excluding hydrogens is 260 g/mol. The summed E-state index contributed by atoms with van der Waals surface area (Å²) < 4.78 is 7.81. The van der Waals surface area contributed by atoms with E-state index in [2.05, 4.69) is 55.8 Å². The van der Waals surface area contributed by atoms with E-state index >= 15 is 0 Å². The number of benzene rings is 1. The Morgan fingerprint density at radius 3 is 2.38 bits per heavy atom. The molecule has 0 atom stereocenters. The molecule has 3 heteroatoms. The molecule has 2 rings (SSSR count). The number of nitrogens with one attached hydrogen (secondary N) is 1. The topological polar surface area (TPSA) is 26.2 Å². The smallest absolute Gasteiger partial charge is 0.119 e. The number of nitrogens with zero attached hydrogens (tertiary/aromatic N) is 1. The molecule has 21 heavy (non-hydrogen) atoms. The monoisotopic (exact) mass is 286 g/mol. The first-order valence-electron chi connectivity index (χ1n) is 7.67. The number of aryl methyl sites for hydroxylation is 1. The van der Waals surface area contributed by atoms with Crippen molar-refractivity contribution in [2.24, 2.45) is 0 Å². The first-order chi connectivity index (χ1) is 10.0. The van der Waals surface area contributed by atoms with E-state index in [0.29, 0.717) is 12.6 Å². The van der Waals surface area contributed by atoms with Crippen LogP contribution in [0, 0.1) is 13.8 Å². The van der Waals surface area contributed by atoms with Crippen LogP contribution >= 0.6 is 0 Å². The summed E-state index contributed by atoms with van der Waals surface area (Å²) in [4.78, 5) is 0. The minimum Gasteiger partial charge on any atom is -0.494 e. The van der Waals surface area contributed by atoms with Crippen LogP contribution in [-0.2, 0) is 6.54 Å². The van der Waals surface area contributed by atoms with Gasteiger partial charge in [0.25, 0.3) is 0 Å². The molecule has 0 saturated heterocycles. The Hall–Kier alpha value is -1.74. The van der Waals surface area contributed by atoms with Crippen LogP contribution in [0.3, 0.4) is 0 Å². The lowest BCUT2D eigenvalue weighted by Gasteiger charge is -2.12. The Morgan fingerprint density at radius 2 is 1.81 bits per heavy atom. The van der Waals surface area contributed by atoms with Crippen LogP contribution in [0.25, 0.3) is 5.69 Å². The van der Waals surface area contributed by atoms with Crippen molar-refractivity contribution < 1.29 is 4.74 Å². The normalized spacial score (nSPS) is 11.1. The van der Waals surface area contributed by atoms with E-state index in [-0.39, 0.29) is 0 Å². The predicted molar refractivity (Wildman–Crippen MR) is 88.4 cm³/mol. The molecule has 0 radical (unpaired) electrons. The summed E-state index contributed by atoms with van der Waals surface area (Å²) in [6.07, 6.45) is 0. The van der Waals surface area contributed by atoms with Gasteiger partial charge in [0, 0.05) is 29.7 Å². The van der Waals surface area contributed by atoms with E-state index in [0.717, 1.165) is 12.3 Å². The van der Waals surface area contributed by atoms with Crippen LogP contribution in [0.5, 0.6) is 5.75 Å². The van der Waals surface area contributed by atoms with Crippen molar-refractivity contribution in [1.29, 1.82) is 0 Å². The highest BCUT2D eigenvalue weighted by atomic mass is 16.5. The molecule has 2 aromatic rings. The minimum atomic E-state index is 0.499. The number of hydrogen-bond acceptors (Lipinski definition) is 2. The standard InChI is InChI=1S/C18H26N2O/c1-6-21-18-9-7-17(8-10-18)20-14(4)11-16(15(20)5)12-19-13(2)3/h7-11,13,19H,6,12H2,1-5H3. The molecule has 1 aromatic heterocycles. The Balaban J connectivity index is 2.26. The highest BCUT2D eigenvalue weighted by Crippen LogP contribution is 2.22. The van der Waals surface area contributed by atoms with Gasteiger partial charge in [-0.2, -0.15) is 0 Å². The van der Waals surface area contributed by atoms with Crippen molar-refractivity contribution in [1.82, 2.24) is 9.88 Å². The molecule has 1 heterocycles. The first-order valence-corrected chi connectivity index (χ1v) is 7.67. The summed E-state index contributed by atoms with van der Waals surface area (Å²) in [5.41, 5.74) is 5.10. The maximum atomic E-state index is 5.51. The minimum absolute atomic E-state index is 0.499. The van der Waals surface area contributed by atoms with Crippen LogP contribution in [0.2, 0.25) is 0 Å². The summed E-state index contributed by atoms with van der Waals surface area (Å²) in [6.45, 7) is 12.3. The molecule has 1 N–H and O–H groups in total. The third kappa shape index (κ3) is 3.67. The second-order valence-corrected chi connectivity index (χ2v) is 5.69. The molecule has 0 aliphatic heterocycles. The molecule has 0 saturated carbocycles. The van der Waals surface area contributed by atoms with E-state index in [9.17, 15) is 0 Å². The van der Waals surface area contributed by atoms with E-state index in [1.807, 2.05) is 19.1 Å². The summed E-state index contributed by atoms with van der Waals surface area (Å²) >= 11 is 0. The van der Waals surface area contributed by atoms with Gasteiger partial charge < -0.3 is 14.6 Å². The molecule has 0 amide bonds. The molecule has 0 unspecified atom stereocenters. The van der Waals surface area contributed by atoms with Crippen LogP contribution < -0.4 is 10.1 Å². The quantitative estimate of drug-likeness (QED) is 0.869. The molecular formula is C18H26N2O. The van der Waals surface area contributed by atoms with Gasteiger partial charge in [-0.3, -0.25) is 0 Å². The van der Waals surface area contributed by atoms with Crippen LogP contribution in [0.15, 0.2) is 30.3 Å². The second-order valence-electron chi connectivity index (χ2n) is 5.69. The van der Waals surface area contributed by atoms with Crippen molar-refractivity contribution in [3.05, 3.63) is 47.3 Å². The molecule has 0 aliphatic carbocycles. The van der Waals surface area contributed by atoms with Gasteiger partial charge >= 0.3 is 0 Å². The fourth-order valence-electron chi connectivity index (χ4n) is 2.58. The van der Waals surface area contributed by atoms with E-state index < -0.39 is 0 Å². The Kier molecular flexibility index (Phi) is 5.07. The van der Waals surface area contributed by atoms with E-state index in [4.69, 9.17) is 4.74 Å². The molecule has 0 fully saturated rings. The zero-order chi connectivity index (χ0) is 15.4. The highest BCUT2D eigenvalue weighted by molar-refractivity contribution is 5.43. The zero-order valence-electron chi connectivity index (χ0n) is 13.7. The molecule has 114 valence electrons. The fraction of sp³-hybridized carbons (Fsp3) is 0.444. The van der Waals surface area contributed by atoms with Gasteiger partial charge in [-0.15, -0.1) is 0 Å². The molecule has 0 aliphatic rings. The van der Waals surface area contributed by atoms with Gasteiger partial charge in [0.1, 0.15) is 5.75 Å². The summed E-state index contributed by atoms with van der Waals surface area (Å²) in [5.74, 6) is 0.922.